The van der Waals surface area contributed by atoms with E-state index in [0.717, 1.165) is 53.2 Å². The minimum absolute atomic E-state index is 0.190. The molecule has 2 aromatic carbocycles. The highest BCUT2D eigenvalue weighted by molar-refractivity contribution is 5.63. The van der Waals surface area contributed by atoms with Gasteiger partial charge in [0.05, 0.1) is 11.9 Å². The van der Waals surface area contributed by atoms with Gasteiger partial charge in [-0.25, -0.2) is 13.9 Å². The second-order valence-corrected chi connectivity index (χ2v) is 6.69. The van der Waals surface area contributed by atoms with Crippen molar-refractivity contribution >= 4 is 11.5 Å². The van der Waals surface area contributed by atoms with Gasteiger partial charge in [0.15, 0.2) is 5.65 Å². The predicted octanol–water partition coefficient (Wildman–Crippen LogP) is 4.04. The van der Waals surface area contributed by atoms with Crippen LogP contribution >= 0.6 is 0 Å². The molecule has 2 aromatic heterocycles. The van der Waals surface area contributed by atoms with Crippen LogP contribution in [-0.4, -0.2) is 21.1 Å². The van der Waals surface area contributed by atoms with Crippen molar-refractivity contribution in [1.29, 1.82) is 0 Å². The Hall–Kier alpha value is -3.25. The van der Waals surface area contributed by atoms with E-state index in [9.17, 15) is 4.39 Å². The van der Waals surface area contributed by atoms with Gasteiger partial charge < -0.3 is 11.1 Å². The van der Waals surface area contributed by atoms with Crippen molar-refractivity contribution in [2.75, 3.05) is 11.9 Å². The molecule has 0 amide bonds. The molecule has 2 heterocycles. The van der Waals surface area contributed by atoms with E-state index < -0.39 is 0 Å². The molecule has 4 rings (SSSR count). The maximum Gasteiger partial charge on any atom is 0.154 e. The number of nitrogens with zero attached hydrogens (tertiary/aromatic N) is 3. The Balaban J connectivity index is 1.45. The number of halogens is 1. The first-order chi connectivity index (χ1) is 13.7. The van der Waals surface area contributed by atoms with Crippen LogP contribution in [-0.2, 0) is 13.0 Å². The molecule has 0 radical (unpaired) electrons. The van der Waals surface area contributed by atoms with Crippen LogP contribution in [0.25, 0.3) is 16.9 Å². The van der Waals surface area contributed by atoms with Gasteiger partial charge in [-0.05, 0) is 48.2 Å². The number of anilines is 1. The number of nitrogens with one attached hydrogen (secondary N) is 1. The number of hydrogen-bond acceptors (Lipinski definition) is 4. The molecule has 142 valence electrons. The molecule has 0 fully saturated rings. The number of aromatic nitrogens is 3. The maximum absolute atomic E-state index is 13.2. The van der Waals surface area contributed by atoms with E-state index in [1.807, 2.05) is 53.2 Å². The standard InChI is InChI=1S/C22H22FN5/c23-19-5-1-3-16(13-19)4-2-12-25-21-10-11-22-26-15-20(28(22)27-21)18-8-6-17(14-24)7-9-18/h1,3,5-11,13,15H,2,4,12,14,24H2,(H,25,27). The van der Waals surface area contributed by atoms with Gasteiger partial charge in [-0.1, -0.05) is 36.4 Å². The number of imidazole rings is 1. The minimum Gasteiger partial charge on any atom is -0.369 e. The topological polar surface area (TPSA) is 68.2 Å². The zero-order valence-electron chi connectivity index (χ0n) is 15.5. The molecule has 28 heavy (non-hydrogen) atoms. The Morgan fingerprint density at radius 3 is 2.64 bits per heavy atom. The number of hydrogen-bond donors (Lipinski definition) is 2. The molecular weight excluding hydrogens is 353 g/mol. The largest absolute Gasteiger partial charge is 0.369 e. The van der Waals surface area contributed by atoms with Gasteiger partial charge in [0, 0.05) is 18.7 Å². The molecule has 0 saturated heterocycles. The van der Waals surface area contributed by atoms with Crippen molar-refractivity contribution in [3.05, 3.63) is 83.8 Å². The third-order valence-corrected chi connectivity index (χ3v) is 4.69. The summed E-state index contributed by atoms with van der Waals surface area (Å²) < 4.78 is 15.1. The first-order valence-electron chi connectivity index (χ1n) is 9.35. The Morgan fingerprint density at radius 2 is 1.86 bits per heavy atom. The molecule has 0 aliphatic carbocycles. The second kappa shape index (κ2) is 8.19. The van der Waals surface area contributed by atoms with E-state index in [0.29, 0.717) is 6.54 Å². The first-order valence-corrected chi connectivity index (χ1v) is 9.35. The van der Waals surface area contributed by atoms with Crippen LogP contribution < -0.4 is 11.1 Å². The Morgan fingerprint density at radius 1 is 1.00 bits per heavy atom. The molecule has 5 nitrogen and oxygen atoms in total. The maximum atomic E-state index is 13.2. The summed E-state index contributed by atoms with van der Waals surface area (Å²) in [7, 11) is 0. The number of aryl methyl sites for hydroxylation is 1. The highest BCUT2D eigenvalue weighted by atomic mass is 19.1. The number of rotatable bonds is 7. The summed E-state index contributed by atoms with van der Waals surface area (Å²) in [6.45, 7) is 1.28. The van der Waals surface area contributed by atoms with E-state index in [1.165, 1.54) is 6.07 Å². The van der Waals surface area contributed by atoms with Crippen molar-refractivity contribution in [2.45, 2.75) is 19.4 Å². The fraction of sp³-hybridized carbons (Fsp3) is 0.182. The summed E-state index contributed by atoms with van der Waals surface area (Å²) in [6.07, 6.45) is 3.53. The fourth-order valence-corrected chi connectivity index (χ4v) is 3.18. The molecule has 0 unspecified atom stereocenters. The smallest absolute Gasteiger partial charge is 0.154 e. The van der Waals surface area contributed by atoms with Gasteiger partial charge in [-0.3, -0.25) is 0 Å². The van der Waals surface area contributed by atoms with Crippen molar-refractivity contribution in [1.82, 2.24) is 14.6 Å². The molecule has 6 heteroatoms. The molecular formula is C22H22FN5. The van der Waals surface area contributed by atoms with Crippen LogP contribution in [0, 0.1) is 5.82 Å². The quantitative estimate of drug-likeness (QED) is 0.479. The van der Waals surface area contributed by atoms with Crippen molar-refractivity contribution in [2.24, 2.45) is 5.73 Å². The van der Waals surface area contributed by atoms with Gasteiger partial charge in [0.2, 0.25) is 0 Å². The van der Waals surface area contributed by atoms with Crippen molar-refractivity contribution in [3.8, 4) is 11.3 Å². The van der Waals surface area contributed by atoms with Gasteiger partial charge >= 0.3 is 0 Å². The average molecular weight is 375 g/mol. The lowest BCUT2D eigenvalue weighted by Gasteiger charge is -2.08. The summed E-state index contributed by atoms with van der Waals surface area (Å²) in [5, 5.41) is 8.01. The number of benzene rings is 2. The monoisotopic (exact) mass is 375 g/mol. The van der Waals surface area contributed by atoms with Crippen LogP contribution in [0.3, 0.4) is 0 Å². The van der Waals surface area contributed by atoms with Crippen LogP contribution in [0.15, 0.2) is 66.9 Å². The van der Waals surface area contributed by atoms with E-state index >= 15 is 0 Å². The number of fused-ring (bicyclic) bond motifs is 1. The van der Waals surface area contributed by atoms with Gasteiger partial charge in [0.25, 0.3) is 0 Å². The molecule has 3 N–H and O–H groups in total. The Kier molecular flexibility index (Phi) is 5.30. The first kappa shape index (κ1) is 18.1. The molecule has 4 aromatic rings. The van der Waals surface area contributed by atoms with Crippen molar-refractivity contribution in [3.63, 3.8) is 0 Å². The molecule has 0 saturated carbocycles. The third-order valence-electron chi connectivity index (χ3n) is 4.69. The van der Waals surface area contributed by atoms with Crippen molar-refractivity contribution < 1.29 is 4.39 Å². The summed E-state index contributed by atoms with van der Waals surface area (Å²) >= 11 is 0. The zero-order valence-corrected chi connectivity index (χ0v) is 15.5. The summed E-state index contributed by atoms with van der Waals surface area (Å²) in [6, 6.07) is 18.7. The molecule has 0 spiro atoms. The van der Waals surface area contributed by atoms with E-state index in [4.69, 9.17) is 5.73 Å². The lowest BCUT2D eigenvalue weighted by atomic mass is 10.1. The SMILES string of the molecule is NCc1ccc(-c2cnc3ccc(NCCCc4cccc(F)c4)nn23)cc1. The van der Waals surface area contributed by atoms with Crippen LogP contribution in [0.1, 0.15) is 17.5 Å². The van der Waals surface area contributed by atoms with E-state index in [1.54, 1.807) is 12.1 Å². The third kappa shape index (κ3) is 4.02. The fourth-order valence-electron chi connectivity index (χ4n) is 3.18. The predicted molar refractivity (Wildman–Crippen MR) is 110 cm³/mol. The van der Waals surface area contributed by atoms with E-state index in [2.05, 4.69) is 15.4 Å². The van der Waals surface area contributed by atoms with Crippen LogP contribution in [0.4, 0.5) is 10.2 Å². The average Bonchev–Trinajstić information content (AvgIpc) is 3.15. The summed E-state index contributed by atoms with van der Waals surface area (Å²) in [4.78, 5) is 4.44. The highest BCUT2D eigenvalue weighted by Gasteiger charge is 2.08. The van der Waals surface area contributed by atoms with Gasteiger partial charge in [-0.15, -0.1) is 5.10 Å². The molecule has 0 bridgehead atoms. The van der Waals surface area contributed by atoms with E-state index in [-0.39, 0.29) is 5.82 Å². The lowest BCUT2D eigenvalue weighted by molar-refractivity contribution is 0.624. The lowest BCUT2D eigenvalue weighted by Crippen LogP contribution is -2.07. The second-order valence-electron chi connectivity index (χ2n) is 6.69. The minimum atomic E-state index is -0.190. The number of nitrogens with two attached hydrogens (primary N) is 1. The Bertz CT molecular complexity index is 1070. The zero-order chi connectivity index (χ0) is 19.3. The van der Waals surface area contributed by atoms with Gasteiger partial charge in [0.1, 0.15) is 11.6 Å². The molecule has 0 aliphatic heterocycles. The Labute approximate surface area is 163 Å². The van der Waals surface area contributed by atoms with Gasteiger partial charge in [-0.2, -0.15) is 0 Å². The highest BCUT2D eigenvalue weighted by Crippen LogP contribution is 2.21. The molecule has 0 aliphatic rings. The summed E-state index contributed by atoms with van der Waals surface area (Å²) in [5.74, 6) is 0.592. The van der Waals surface area contributed by atoms with Crippen LogP contribution in [0.5, 0.6) is 0 Å². The van der Waals surface area contributed by atoms with Crippen LogP contribution in [0.2, 0.25) is 0 Å². The molecule has 0 atom stereocenters. The summed E-state index contributed by atoms with van der Waals surface area (Å²) in [5.41, 5.74) is 10.5. The normalized spacial score (nSPS) is 11.1.